The van der Waals surface area contributed by atoms with Crippen molar-refractivity contribution in [1.29, 1.82) is 0 Å². The number of nitrogens with zero attached hydrogens (tertiary/aromatic N) is 1. The Kier molecular flexibility index (Phi) is 5.91. The molecule has 0 aromatic carbocycles. The van der Waals surface area contributed by atoms with Crippen molar-refractivity contribution in [3.63, 3.8) is 0 Å². The number of aliphatic hydroxyl groups excluding tert-OH is 1. The molecule has 0 bridgehead atoms. The maximum Gasteiger partial charge on any atom is 0.318 e. The van der Waals surface area contributed by atoms with Gasteiger partial charge in [0.2, 0.25) is 0 Å². The standard InChI is InChI=1S/C17H26N2O3S/c20-14-7-5-13(6-8-14)18-17(21)19(11-15-3-1-9-22-15)12-16-4-2-10-23-16/h2,4,10,13-15,20H,1,3,5-9,11-12H2,(H,18,21)/t13?,14?,15-/m0/s1. The molecule has 1 aromatic rings. The van der Waals surface area contributed by atoms with Crippen LogP contribution in [0, 0.1) is 0 Å². The fraction of sp³-hybridized carbons (Fsp3) is 0.706. The third kappa shape index (κ3) is 4.93. The molecule has 0 radical (unpaired) electrons. The molecule has 2 fully saturated rings. The lowest BCUT2D eigenvalue weighted by Crippen LogP contribution is -2.48. The van der Waals surface area contributed by atoms with Crippen LogP contribution in [0.3, 0.4) is 0 Å². The van der Waals surface area contributed by atoms with E-state index in [9.17, 15) is 9.90 Å². The second kappa shape index (κ2) is 8.13. The van der Waals surface area contributed by atoms with Gasteiger partial charge in [0.1, 0.15) is 0 Å². The highest BCUT2D eigenvalue weighted by atomic mass is 32.1. The summed E-state index contributed by atoms with van der Waals surface area (Å²) in [5, 5.41) is 14.8. The lowest BCUT2D eigenvalue weighted by molar-refractivity contribution is 0.0771. The van der Waals surface area contributed by atoms with Crippen LogP contribution in [0.5, 0.6) is 0 Å². The van der Waals surface area contributed by atoms with Crippen molar-refractivity contribution >= 4 is 17.4 Å². The normalized spacial score (nSPS) is 27.8. The summed E-state index contributed by atoms with van der Waals surface area (Å²) in [6, 6.07) is 4.26. The number of urea groups is 1. The van der Waals surface area contributed by atoms with Gasteiger partial charge in [-0.05, 0) is 50.0 Å². The molecule has 3 rings (SSSR count). The van der Waals surface area contributed by atoms with Crippen molar-refractivity contribution in [1.82, 2.24) is 10.2 Å². The number of aliphatic hydroxyl groups is 1. The minimum atomic E-state index is -0.197. The van der Waals surface area contributed by atoms with Gasteiger partial charge >= 0.3 is 6.03 Å². The van der Waals surface area contributed by atoms with Crippen LogP contribution < -0.4 is 5.32 Å². The second-order valence-corrected chi connectivity index (χ2v) is 7.58. The SMILES string of the molecule is O=C(NC1CCC(O)CC1)N(Cc1cccs1)C[C@@H]1CCCO1. The van der Waals surface area contributed by atoms with Gasteiger partial charge in [0, 0.05) is 24.1 Å². The van der Waals surface area contributed by atoms with Crippen molar-refractivity contribution in [2.24, 2.45) is 0 Å². The number of nitrogens with one attached hydrogen (secondary N) is 1. The molecule has 1 atom stereocenters. The minimum Gasteiger partial charge on any atom is -0.393 e. The lowest BCUT2D eigenvalue weighted by atomic mass is 9.93. The summed E-state index contributed by atoms with van der Waals surface area (Å²) in [5.74, 6) is 0. The van der Waals surface area contributed by atoms with E-state index >= 15 is 0 Å². The molecule has 2 heterocycles. The van der Waals surface area contributed by atoms with Crippen LogP contribution in [0.1, 0.15) is 43.4 Å². The summed E-state index contributed by atoms with van der Waals surface area (Å²) in [4.78, 5) is 15.8. The van der Waals surface area contributed by atoms with Gasteiger partial charge < -0.3 is 20.1 Å². The summed E-state index contributed by atoms with van der Waals surface area (Å²) in [6.45, 7) is 2.09. The maximum absolute atomic E-state index is 12.7. The zero-order chi connectivity index (χ0) is 16.1. The van der Waals surface area contributed by atoms with Crippen LogP contribution in [-0.4, -0.2) is 47.4 Å². The zero-order valence-corrected chi connectivity index (χ0v) is 14.3. The molecular weight excluding hydrogens is 312 g/mol. The Morgan fingerprint density at radius 3 is 2.83 bits per heavy atom. The van der Waals surface area contributed by atoms with Gasteiger partial charge in [0.25, 0.3) is 0 Å². The van der Waals surface area contributed by atoms with Gasteiger partial charge in [-0.3, -0.25) is 0 Å². The summed E-state index contributed by atoms with van der Waals surface area (Å²) in [7, 11) is 0. The average Bonchev–Trinajstić information content (AvgIpc) is 3.22. The van der Waals surface area contributed by atoms with E-state index in [0.29, 0.717) is 13.1 Å². The maximum atomic E-state index is 12.7. The lowest BCUT2D eigenvalue weighted by Gasteiger charge is -2.30. The number of hydrogen-bond acceptors (Lipinski definition) is 4. The molecular formula is C17H26N2O3S. The highest BCUT2D eigenvalue weighted by molar-refractivity contribution is 7.09. The third-order valence-corrected chi connectivity index (χ3v) is 5.55. The number of carbonyl (C=O) groups excluding carboxylic acids is 1. The van der Waals surface area contributed by atoms with Gasteiger partial charge in [0.05, 0.1) is 18.8 Å². The topological polar surface area (TPSA) is 61.8 Å². The van der Waals surface area contributed by atoms with Gasteiger partial charge in [-0.1, -0.05) is 6.07 Å². The van der Waals surface area contributed by atoms with E-state index in [0.717, 1.165) is 45.1 Å². The summed E-state index contributed by atoms with van der Waals surface area (Å²) < 4.78 is 5.71. The Bertz CT molecular complexity index is 480. The van der Waals surface area contributed by atoms with Crippen LogP contribution in [0.4, 0.5) is 4.79 Å². The van der Waals surface area contributed by atoms with E-state index in [1.54, 1.807) is 11.3 Å². The Morgan fingerprint density at radius 1 is 1.35 bits per heavy atom. The molecule has 1 saturated heterocycles. The first kappa shape index (κ1) is 16.7. The van der Waals surface area contributed by atoms with Crippen LogP contribution in [0.25, 0.3) is 0 Å². The Balaban J connectivity index is 1.57. The third-order valence-electron chi connectivity index (χ3n) is 4.69. The van der Waals surface area contributed by atoms with E-state index in [-0.39, 0.29) is 24.3 Å². The molecule has 128 valence electrons. The largest absolute Gasteiger partial charge is 0.393 e. The Labute approximate surface area is 141 Å². The average molecular weight is 338 g/mol. The molecule has 2 aliphatic rings. The van der Waals surface area contributed by atoms with E-state index in [2.05, 4.69) is 11.4 Å². The number of carbonyl (C=O) groups is 1. The summed E-state index contributed by atoms with van der Waals surface area (Å²) in [5.41, 5.74) is 0. The molecule has 1 aliphatic heterocycles. The molecule has 6 heteroatoms. The molecule has 1 saturated carbocycles. The molecule has 23 heavy (non-hydrogen) atoms. The van der Waals surface area contributed by atoms with Gasteiger partial charge in [-0.2, -0.15) is 0 Å². The van der Waals surface area contributed by atoms with Crippen molar-refractivity contribution < 1.29 is 14.6 Å². The van der Waals surface area contributed by atoms with Crippen LogP contribution in [0.2, 0.25) is 0 Å². The van der Waals surface area contributed by atoms with Gasteiger partial charge in [0.15, 0.2) is 0 Å². The molecule has 0 unspecified atom stereocenters. The molecule has 2 amide bonds. The quantitative estimate of drug-likeness (QED) is 0.868. The van der Waals surface area contributed by atoms with Gasteiger partial charge in [-0.15, -0.1) is 11.3 Å². The summed E-state index contributed by atoms with van der Waals surface area (Å²) in [6.07, 6.45) is 5.36. The molecule has 2 N–H and O–H groups in total. The smallest absolute Gasteiger partial charge is 0.318 e. The number of hydrogen-bond donors (Lipinski definition) is 2. The fourth-order valence-corrected chi connectivity index (χ4v) is 4.05. The minimum absolute atomic E-state index is 0.00436. The predicted molar refractivity (Wildman–Crippen MR) is 90.5 cm³/mol. The molecule has 5 nitrogen and oxygen atoms in total. The van der Waals surface area contributed by atoms with Crippen LogP contribution in [0.15, 0.2) is 17.5 Å². The van der Waals surface area contributed by atoms with Crippen LogP contribution >= 0.6 is 11.3 Å². The second-order valence-electron chi connectivity index (χ2n) is 6.55. The molecule has 1 aromatic heterocycles. The number of ether oxygens (including phenoxy) is 1. The fourth-order valence-electron chi connectivity index (χ4n) is 3.33. The first-order valence-electron chi connectivity index (χ1n) is 8.58. The highest BCUT2D eigenvalue weighted by Gasteiger charge is 2.26. The van der Waals surface area contributed by atoms with Crippen LogP contribution in [-0.2, 0) is 11.3 Å². The van der Waals surface area contributed by atoms with E-state index < -0.39 is 0 Å². The monoisotopic (exact) mass is 338 g/mol. The number of rotatable bonds is 5. The van der Waals surface area contributed by atoms with Crippen molar-refractivity contribution in [3.05, 3.63) is 22.4 Å². The van der Waals surface area contributed by atoms with Crippen molar-refractivity contribution in [2.45, 2.75) is 63.3 Å². The van der Waals surface area contributed by atoms with Gasteiger partial charge in [-0.25, -0.2) is 4.79 Å². The van der Waals surface area contributed by atoms with E-state index in [1.807, 2.05) is 16.3 Å². The van der Waals surface area contributed by atoms with E-state index in [1.165, 1.54) is 4.88 Å². The Hall–Kier alpha value is -1.11. The highest BCUT2D eigenvalue weighted by Crippen LogP contribution is 2.20. The molecule has 0 spiro atoms. The first-order valence-corrected chi connectivity index (χ1v) is 9.46. The Morgan fingerprint density at radius 2 is 2.17 bits per heavy atom. The summed E-state index contributed by atoms with van der Waals surface area (Å²) >= 11 is 1.68. The van der Waals surface area contributed by atoms with E-state index in [4.69, 9.17) is 4.74 Å². The van der Waals surface area contributed by atoms with Crippen molar-refractivity contribution in [3.8, 4) is 0 Å². The molecule has 1 aliphatic carbocycles. The number of thiophene rings is 1. The number of amides is 2. The zero-order valence-electron chi connectivity index (χ0n) is 13.4. The van der Waals surface area contributed by atoms with Crippen molar-refractivity contribution in [2.75, 3.05) is 13.2 Å². The predicted octanol–water partition coefficient (Wildman–Crippen LogP) is 2.74. The first-order chi connectivity index (χ1) is 11.2.